The molecule has 1 aromatic heterocycles. The predicted octanol–water partition coefficient (Wildman–Crippen LogP) is 1.25. The van der Waals surface area contributed by atoms with Gasteiger partial charge < -0.3 is 24.6 Å². The smallest absolute Gasteiger partial charge is 0.276 e. The van der Waals surface area contributed by atoms with Crippen LogP contribution in [0.2, 0.25) is 0 Å². The number of rotatable bonds is 3. The number of nitrogens with zero attached hydrogens (tertiary/aromatic N) is 2. The molecule has 2 N–H and O–H groups in total. The molecule has 1 amide bonds. The van der Waals surface area contributed by atoms with E-state index in [0.717, 1.165) is 6.07 Å². The van der Waals surface area contributed by atoms with Crippen molar-refractivity contribution in [3.63, 3.8) is 0 Å². The molecule has 0 radical (unpaired) electrons. The van der Waals surface area contributed by atoms with E-state index in [-0.39, 0.29) is 17.3 Å². The summed E-state index contributed by atoms with van der Waals surface area (Å²) >= 11 is 0. The Labute approximate surface area is 170 Å². The van der Waals surface area contributed by atoms with Gasteiger partial charge in [-0.05, 0) is 20.0 Å². The lowest BCUT2D eigenvalue weighted by atomic mass is 10.1. The molecule has 1 saturated heterocycles. The molecule has 30 heavy (non-hydrogen) atoms. The maximum Gasteiger partial charge on any atom is 0.276 e. The second kappa shape index (κ2) is 8.72. The van der Waals surface area contributed by atoms with E-state index in [9.17, 15) is 28.3 Å². The lowest BCUT2D eigenvalue weighted by molar-refractivity contribution is 0.00628. The molecule has 0 aliphatic carbocycles. The first kappa shape index (κ1) is 21.6. The van der Waals surface area contributed by atoms with Crippen molar-refractivity contribution in [3.05, 3.63) is 63.1 Å². The summed E-state index contributed by atoms with van der Waals surface area (Å²) in [6.45, 7) is 2.96. The highest BCUT2D eigenvalue weighted by Crippen LogP contribution is 2.29. The summed E-state index contributed by atoms with van der Waals surface area (Å²) in [6.07, 6.45) is 1.23. The second-order valence-electron chi connectivity index (χ2n) is 7.00. The van der Waals surface area contributed by atoms with Gasteiger partial charge in [0.15, 0.2) is 24.0 Å². The van der Waals surface area contributed by atoms with Crippen LogP contribution < -0.4 is 10.7 Å². The van der Waals surface area contributed by atoms with Crippen molar-refractivity contribution in [2.75, 3.05) is 13.7 Å². The zero-order valence-corrected chi connectivity index (χ0v) is 16.4. The summed E-state index contributed by atoms with van der Waals surface area (Å²) in [5.74, 6) is -2.16. The van der Waals surface area contributed by atoms with Crippen LogP contribution in [0.4, 0.5) is 8.78 Å². The average Bonchev–Trinajstić information content (AvgIpc) is 3.08. The third-order valence-corrected chi connectivity index (χ3v) is 4.90. The number of nitrogens with one attached hydrogen (secondary N) is 1. The minimum Gasteiger partial charge on any atom is -0.503 e. The number of pyridine rings is 1. The van der Waals surface area contributed by atoms with Crippen LogP contribution >= 0.6 is 0 Å². The zero-order valence-electron chi connectivity index (χ0n) is 16.4. The molecule has 2 aromatic rings. The Morgan fingerprint density at radius 3 is 2.70 bits per heavy atom. The number of hydrogen-bond acceptors (Lipinski definition) is 6. The second-order valence-corrected chi connectivity index (χ2v) is 7.00. The van der Waals surface area contributed by atoms with Gasteiger partial charge >= 0.3 is 0 Å². The van der Waals surface area contributed by atoms with Crippen molar-refractivity contribution in [3.8, 4) is 5.75 Å². The van der Waals surface area contributed by atoms with Gasteiger partial charge in [0.05, 0.1) is 24.8 Å². The summed E-state index contributed by atoms with van der Waals surface area (Å²) < 4.78 is 32.0. The van der Waals surface area contributed by atoms with Crippen molar-refractivity contribution in [2.24, 2.45) is 0 Å². The minimum atomic E-state index is -0.819. The Kier molecular flexibility index (Phi) is 6.28. The Balaban J connectivity index is 0.000000199. The van der Waals surface area contributed by atoms with Gasteiger partial charge in [0.25, 0.3) is 5.91 Å². The van der Waals surface area contributed by atoms with Gasteiger partial charge in [0.1, 0.15) is 11.6 Å². The number of benzene rings is 1. The van der Waals surface area contributed by atoms with Crippen LogP contribution in [-0.2, 0) is 17.8 Å². The highest BCUT2D eigenvalue weighted by molar-refractivity contribution is 5.97. The topological polar surface area (TPSA) is 101 Å². The van der Waals surface area contributed by atoms with Crippen LogP contribution in [-0.4, -0.2) is 52.7 Å². The fourth-order valence-corrected chi connectivity index (χ4v) is 3.44. The molecule has 4 rings (SSSR count). The molecule has 3 heterocycles. The fraction of sp³-hybridized carbons (Fsp3) is 0.350. The number of halogens is 2. The van der Waals surface area contributed by atoms with Gasteiger partial charge in [-0.15, -0.1) is 0 Å². The molecule has 2 aliphatic rings. The van der Waals surface area contributed by atoms with E-state index in [1.165, 1.54) is 27.8 Å². The molecule has 1 aromatic carbocycles. The number of amides is 1. The van der Waals surface area contributed by atoms with Gasteiger partial charge in [-0.1, -0.05) is 6.07 Å². The highest BCUT2D eigenvalue weighted by Gasteiger charge is 2.42. The zero-order chi connectivity index (χ0) is 22.0. The summed E-state index contributed by atoms with van der Waals surface area (Å²) in [6, 6.07) is 3.45. The van der Waals surface area contributed by atoms with Crippen molar-refractivity contribution in [2.45, 2.75) is 32.3 Å². The molecule has 2 unspecified atom stereocenters. The average molecular weight is 421 g/mol. The number of aromatic nitrogens is 1. The van der Waals surface area contributed by atoms with E-state index >= 15 is 0 Å². The molecule has 0 saturated carbocycles. The first-order valence-corrected chi connectivity index (χ1v) is 9.22. The van der Waals surface area contributed by atoms with E-state index in [4.69, 9.17) is 4.74 Å². The maximum absolute atomic E-state index is 12.8. The number of carbonyl (C=O) groups is 2. The van der Waals surface area contributed by atoms with Gasteiger partial charge in [-0.25, -0.2) is 8.78 Å². The van der Waals surface area contributed by atoms with E-state index in [1.54, 1.807) is 7.05 Å². The Morgan fingerprint density at radius 1 is 1.33 bits per heavy atom. The monoisotopic (exact) mass is 421 g/mol. The first-order chi connectivity index (χ1) is 14.3. The Morgan fingerprint density at radius 2 is 2.07 bits per heavy atom. The molecule has 10 heteroatoms. The van der Waals surface area contributed by atoms with Gasteiger partial charge in [0, 0.05) is 24.4 Å². The number of aldehydes is 1. The normalized spacial score (nSPS) is 19.6. The quantitative estimate of drug-likeness (QED) is 0.724. The molecule has 0 bridgehead atoms. The van der Waals surface area contributed by atoms with E-state index in [1.807, 2.05) is 6.92 Å². The first-order valence-electron chi connectivity index (χ1n) is 9.22. The van der Waals surface area contributed by atoms with Crippen molar-refractivity contribution in [1.29, 1.82) is 0 Å². The Bertz CT molecular complexity index is 1040. The lowest BCUT2D eigenvalue weighted by Gasteiger charge is -2.33. The number of ether oxygens (including phenoxy) is 1. The van der Waals surface area contributed by atoms with Gasteiger partial charge in [-0.3, -0.25) is 14.4 Å². The third kappa shape index (κ3) is 3.96. The molecular weight excluding hydrogens is 400 g/mol. The molecule has 1 fully saturated rings. The Hall–Kier alpha value is -3.11. The van der Waals surface area contributed by atoms with E-state index in [0.29, 0.717) is 31.5 Å². The van der Waals surface area contributed by atoms with Crippen molar-refractivity contribution in [1.82, 2.24) is 14.8 Å². The fourth-order valence-electron chi connectivity index (χ4n) is 3.44. The SMILES string of the molecule is CC1COC2Cn3cc(C=O)c(=O)c(O)c3C(=O)N12.CNCc1ccc(F)cc1F. The van der Waals surface area contributed by atoms with Crippen LogP contribution in [0.5, 0.6) is 5.75 Å². The number of hydrogen-bond donors (Lipinski definition) is 2. The van der Waals surface area contributed by atoms with Gasteiger partial charge in [0.2, 0.25) is 5.43 Å². The summed E-state index contributed by atoms with van der Waals surface area (Å²) in [7, 11) is 1.71. The standard InChI is InChI=1S/C12H12N2O5.C8H9F2N/c1-6-5-19-8-3-13-2-7(4-15)10(16)11(17)9(13)12(18)14(6)8;1-11-5-6-2-3-7(9)4-8(6)10/h2,4,6,8,17H,3,5H2,1H3;2-4,11H,5H2,1H3. The summed E-state index contributed by atoms with van der Waals surface area (Å²) in [5, 5.41) is 12.6. The van der Waals surface area contributed by atoms with Gasteiger partial charge in [-0.2, -0.15) is 0 Å². The molecular formula is C20H21F2N3O5. The largest absolute Gasteiger partial charge is 0.503 e. The van der Waals surface area contributed by atoms with Crippen LogP contribution in [0, 0.1) is 11.6 Å². The number of fused-ring (bicyclic) bond motifs is 2. The molecule has 2 atom stereocenters. The molecule has 0 spiro atoms. The minimum absolute atomic E-state index is 0.0794. The maximum atomic E-state index is 12.8. The molecule has 160 valence electrons. The van der Waals surface area contributed by atoms with Crippen molar-refractivity contribution < 1.29 is 28.2 Å². The molecule has 2 aliphatic heterocycles. The number of carbonyl (C=O) groups excluding carboxylic acids is 2. The lowest BCUT2D eigenvalue weighted by Crippen LogP contribution is -2.48. The summed E-state index contributed by atoms with van der Waals surface area (Å²) in [5.41, 5.74) is -0.590. The van der Waals surface area contributed by atoms with E-state index in [2.05, 4.69) is 5.32 Å². The highest BCUT2D eigenvalue weighted by atomic mass is 19.1. The van der Waals surface area contributed by atoms with Crippen molar-refractivity contribution >= 4 is 12.2 Å². The number of aromatic hydroxyl groups is 1. The van der Waals surface area contributed by atoms with Crippen LogP contribution in [0.1, 0.15) is 33.3 Å². The summed E-state index contributed by atoms with van der Waals surface area (Å²) in [4.78, 5) is 36.3. The molecule has 8 nitrogen and oxygen atoms in total. The van der Waals surface area contributed by atoms with Crippen LogP contribution in [0.25, 0.3) is 0 Å². The predicted molar refractivity (Wildman–Crippen MR) is 102 cm³/mol. The van der Waals surface area contributed by atoms with Crippen LogP contribution in [0.3, 0.4) is 0 Å². The third-order valence-electron chi connectivity index (χ3n) is 4.90. The van der Waals surface area contributed by atoms with E-state index < -0.39 is 34.9 Å². The van der Waals surface area contributed by atoms with Crippen LogP contribution in [0.15, 0.2) is 29.2 Å².